The molecule has 1 fully saturated rings. The smallest absolute Gasteiger partial charge is 0.333 e. The molecule has 5 heteroatoms. The number of rotatable bonds is 6. The van der Waals surface area contributed by atoms with Crippen molar-refractivity contribution in [1.82, 2.24) is 4.90 Å². The number of esters is 1. The van der Waals surface area contributed by atoms with Crippen molar-refractivity contribution in [3.63, 3.8) is 0 Å². The molecule has 1 aromatic carbocycles. The Balaban J connectivity index is 1.83. The summed E-state index contributed by atoms with van der Waals surface area (Å²) in [4.78, 5) is 28.9. The van der Waals surface area contributed by atoms with Crippen molar-refractivity contribution in [3.05, 3.63) is 52.7 Å². The third kappa shape index (κ3) is 4.89. The van der Waals surface area contributed by atoms with Crippen molar-refractivity contribution < 1.29 is 14.3 Å². The van der Waals surface area contributed by atoms with Gasteiger partial charge in [-0.1, -0.05) is 13.0 Å². The van der Waals surface area contributed by atoms with E-state index in [1.54, 1.807) is 0 Å². The van der Waals surface area contributed by atoms with Gasteiger partial charge in [0.2, 0.25) is 0 Å². The Kier molecular flexibility index (Phi) is 7.13. The third-order valence-electron chi connectivity index (χ3n) is 5.75. The van der Waals surface area contributed by atoms with Crippen molar-refractivity contribution in [1.29, 1.82) is 0 Å². The molecule has 0 N–H and O–H groups in total. The van der Waals surface area contributed by atoms with Crippen LogP contribution in [0.3, 0.4) is 0 Å². The fourth-order valence-corrected chi connectivity index (χ4v) is 4.17. The molecule has 29 heavy (non-hydrogen) atoms. The van der Waals surface area contributed by atoms with Gasteiger partial charge < -0.3 is 14.5 Å². The number of methoxy groups -OCH3 is 1. The van der Waals surface area contributed by atoms with Crippen LogP contribution in [0.15, 0.2) is 41.6 Å². The van der Waals surface area contributed by atoms with E-state index in [1.165, 1.54) is 19.2 Å². The van der Waals surface area contributed by atoms with Crippen LogP contribution in [0.1, 0.15) is 61.4 Å². The number of nitrogens with zero attached hydrogens (tertiary/aromatic N) is 2. The number of likely N-dealkylation sites (tertiary alicyclic amines) is 1. The van der Waals surface area contributed by atoms with Crippen LogP contribution in [0, 0.1) is 6.92 Å². The lowest BCUT2D eigenvalue weighted by Gasteiger charge is -2.31. The average Bonchev–Trinajstić information content (AvgIpc) is 2.77. The summed E-state index contributed by atoms with van der Waals surface area (Å²) in [7, 11) is 1.42. The van der Waals surface area contributed by atoms with E-state index in [9.17, 15) is 9.59 Å². The molecular weight excluding hydrogens is 364 g/mol. The van der Waals surface area contributed by atoms with Crippen LogP contribution in [0.5, 0.6) is 0 Å². The van der Waals surface area contributed by atoms with Gasteiger partial charge in [-0.15, -0.1) is 0 Å². The first-order valence-electron chi connectivity index (χ1n) is 10.7. The number of anilines is 1. The van der Waals surface area contributed by atoms with Crippen molar-refractivity contribution in [3.8, 4) is 0 Å². The van der Waals surface area contributed by atoms with Crippen LogP contribution in [0.2, 0.25) is 0 Å². The predicted molar refractivity (Wildman–Crippen MR) is 116 cm³/mol. The summed E-state index contributed by atoms with van der Waals surface area (Å²) in [6.45, 7) is 6.86. The Bertz CT molecular complexity index is 819. The number of aryl methyl sites for hydroxylation is 1. The van der Waals surface area contributed by atoms with E-state index in [-0.39, 0.29) is 11.9 Å². The number of hydrogen-bond acceptors (Lipinski definition) is 4. The van der Waals surface area contributed by atoms with Gasteiger partial charge >= 0.3 is 5.97 Å². The van der Waals surface area contributed by atoms with Gasteiger partial charge in [0.25, 0.3) is 5.91 Å². The molecule has 156 valence electrons. The van der Waals surface area contributed by atoms with E-state index in [4.69, 9.17) is 4.74 Å². The van der Waals surface area contributed by atoms with E-state index < -0.39 is 0 Å². The fourth-order valence-electron chi connectivity index (χ4n) is 4.17. The molecule has 0 unspecified atom stereocenters. The Morgan fingerprint density at radius 2 is 1.86 bits per heavy atom. The zero-order valence-electron chi connectivity index (χ0n) is 17.9. The molecule has 3 rings (SSSR count). The standard InChI is InChI=1S/C24H32N2O3/c1-4-14-26(21-11-8-19(9-12-21)24(28)29-3)22-13-10-20(17-18(22)2)23(27)25-15-6-5-7-16-25/h8,10-11,13,17H,4-7,9,12,14-16H2,1-3H3. The molecular formula is C24H32N2O3. The largest absolute Gasteiger partial charge is 0.466 e. The van der Waals surface area contributed by atoms with Gasteiger partial charge in [0.1, 0.15) is 0 Å². The number of amides is 1. The maximum Gasteiger partial charge on any atom is 0.333 e. The van der Waals surface area contributed by atoms with Gasteiger partial charge in [0.05, 0.1) is 7.11 Å². The van der Waals surface area contributed by atoms with Crippen molar-refractivity contribution in [2.45, 2.75) is 52.4 Å². The molecule has 5 nitrogen and oxygen atoms in total. The zero-order chi connectivity index (χ0) is 20.8. The summed E-state index contributed by atoms with van der Waals surface area (Å²) in [6, 6.07) is 6.05. The number of carbonyl (C=O) groups is 2. The Labute approximate surface area is 174 Å². The van der Waals surface area contributed by atoms with E-state index in [0.29, 0.717) is 12.0 Å². The highest BCUT2D eigenvalue weighted by Gasteiger charge is 2.22. The number of ether oxygens (including phenoxy) is 1. The van der Waals surface area contributed by atoms with Crippen LogP contribution < -0.4 is 4.90 Å². The number of carbonyl (C=O) groups excluding carboxylic acids is 2. The number of allylic oxidation sites excluding steroid dienone is 3. The lowest BCUT2D eigenvalue weighted by molar-refractivity contribution is -0.136. The summed E-state index contributed by atoms with van der Waals surface area (Å²) in [6.07, 6.45) is 9.81. The van der Waals surface area contributed by atoms with Crippen molar-refractivity contribution >= 4 is 17.6 Å². The van der Waals surface area contributed by atoms with E-state index in [2.05, 4.69) is 24.8 Å². The van der Waals surface area contributed by atoms with Gasteiger partial charge in [-0.2, -0.15) is 0 Å². The molecule has 1 amide bonds. The molecule has 1 aromatic rings. The molecule has 1 saturated heterocycles. The minimum Gasteiger partial charge on any atom is -0.466 e. The molecule has 0 bridgehead atoms. The topological polar surface area (TPSA) is 49.9 Å². The quantitative estimate of drug-likeness (QED) is 0.659. The van der Waals surface area contributed by atoms with Gasteiger partial charge in [0.15, 0.2) is 0 Å². The highest BCUT2D eigenvalue weighted by Crippen LogP contribution is 2.30. The molecule has 1 heterocycles. The van der Waals surface area contributed by atoms with Gasteiger partial charge in [-0.25, -0.2) is 4.79 Å². The molecule has 0 saturated carbocycles. The van der Waals surface area contributed by atoms with Crippen LogP contribution >= 0.6 is 0 Å². The first-order valence-corrected chi connectivity index (χ1v) is 10.7. The summed E-state index contributed by atoms with van der Waals surface area (Å²) in [5.74, 6) is -0.108. The maximum atomic E-state index is 12.8. The summed E-state index contributed by atoms with van der Waals surface area (Å²) < 4.78 is 4.84. The first-order chi connectivity index (χ1) is 14.0. The second-order valence-corrected chi connectivity index (χ2v) is 7.85. The van der Waals surface area contributed by atoms with E-state index in [1.807, 2.05) is 29.2 Å². The van der Waals surface area contributed by atoms with Gasteiger partial charge in [-0.05, 0) is 75.3 Å². The number of piperidine rings is 1. The van der Waals surface area contributed by atoms with Crippen molar-refractivity contribution in [2.75, 3.05) is 31.6 Å². The SMILES string of the molecule is CCCN(C1=CC=C(C(=O)OC)CC1)c1ccc(C(=O)N2CCCCC2)cc1C. The Morgan fingerprint density at radius 3 is 2.45 bits per heavy atom. The molecule has 0 spiro atoms. The van der Waals surface area contributed by atoms with Crippen LogP contribution in [0.4, 0.5) is 5.69 Å². The minimum absolute atomic E-state index is 0.143. The number of benzene rings is 1. The molecule has 1 aliphatic heterocycles. The second-order valence-electron chi connectivity index (χ2n) is 7.85. The van der Waals surface area contributed by atoms with Crippen LogP contribution in [0.25, 0.3) is 0 Å². The third-order valence-corrected chi connectivity index (χ3v) is 5.75. The number of hydrogen-bond donors (Lipinski definition) is 0. The molecule has 0 radical (unpaired) electrons. The summed E-state index contributed by atoms with van der Waals surface area (Å²) in [5, 5.41) is 0. The fraction of sp³-hybridized carbons (Fsp3) is 0.500. The van der Waals surface area contributed by atoms with Crippen LogP contribution in [-0.4, -0.2) is 43.5 Å². The highest BCUT2D eigenvalue weighted by molar-refractivity contribution is 5.95. The average molecular weight is 397 g/mol. The summed E-state index contributed by atoms with van der Waals surface area (Å²) in [5.41, 5.74) is 4.91. The first kappa shape index (κ1) is 21.2. The normalized spacial score (nSPS) is 16.7. The van der Waals surface area contributed by atoms with Crippen LogP contribution in [-0.2, 0) is 9.53 Å². The predicted octanol–water partition coefficient (Wildman–Crippen LogP) is 4.61. The zero-order valence-corrected chi connectivity index (χ0v) is 17.9. The van der Waals surface area contributed by atoms with E-state index in [0.717, 1.165) is 62.1 Å². The monoisotopic (exact) mass is 396 g/mol. The lowest BCUT2D eigenvalue weighted by atomic mass is 10.00. The van der Waals surface area contributed by atoms with Crippen molar-refractivity contribution in [2.24, 2.45) is 0 Å². The molecule has 0 atom stereocenters. The molecule has 0 aromatic heterocycles. The highest BCUT2D eigenvalue weighted by atomic mass is 16.5. The minimum atomic E-state index is -0.251. The second kappa shape index (κ2) is 9.77. The van der Waals surface area contributed by atoms with Gasteiger partial charge in [-0.3, -0.25) is 4.79 Å². The Hall–Kier alpha value is -2.56. The van der Waals surface area contributed by atoms with Gasteiger partial charge in [0, 0.05) is 42.2 Å². The van der Waals surface area contributed by atoms with E-state index >= 15 is 0 Å². The Morgan fingerprint density at radius 1 is 1.10 bits per heavy atom. The lowest BCUT2D eigenvalue weighted by Crippen LogP contribution is -2.35. The summed E-state index contributed by atoms with van der Waals surface area (Å²) >= 11 is 0. The maximum absolute atomic E-state index is 12.8. The molecule has 2 aliphatic rings. The molecule has 1 aliphatic carbocycles.